The molecule has 0 aliphatic heterocycles. The first-order valence-electron chi connectivity index (χ1n) is 10.5. The van der Waals surface area contributed by atoms with Gasteiger partial charge in [-0.05, 0) is 63.1 Å². The molecule has 0 aliphatic rings. The Labute approximate surface area is 187 Å². The van der Waals surface area contributed by atoms with Gasteiger partial charge < -0.3 is 14.3 Å². The predicted molar refractivity (Wildman–Crippen MR) is 126 cm³/mol. The van der Waals surface area contributed by atoms with Crippen molar-refractivity contribution in [2.24, 2.45) is 5.16 Å². The van der Waals surface area contributed by atoms with Crippen molar-refractivity contribution >= 4 is 5.71 Å². The molecular weight excluding hydrogens is 400 g/mol. The molecule has 0 saturated carbocycles. The van der Waals surface area contributed by atoms with E-state index in [-0.39, 0.29) is 17.3 Å². The van der Waals surface area contributed by atoms with Gasteiger partial charge in [-0.2, -0.15) is 0 Å². The summed E-state index contributed by atoms with van der Waals surface area (Å²) in [6, 6.07) is 17.2. The SMILES string of the molecule is Cc1ccc(C(C)n2cccc(/C(=N/O)c3ccc(-n4cnc(C)c4)c(C)c3)c2=O)cc1. The quantitative estimate of drug-likeness (QED) is 0.283. The van der Waals surface area contributed by atoms with Gasteiger partial charge in [-0.15, -0.1) is 0 Å². The number of hydrogen-bond acceptors (Lipinski definition) is 4. The van der Waals surface area contributed by atoms with Crippen LogP contribution in [0.2, 0.25) is 0 Å². The number of aromatic nitrogens is 3. The van der Waals surface area contributed by atoms with Gasteiger partial charge in [0.05, 0.1) is 23.6 Å². The van der Waals surface area contributed by atoms with Gasteiger partial charge in [0, 0.05) is 23.6 Å². The van der Waals surface area contributed by atoms with Crippen molar-refractivity contribution < 1.29 is 5.21 Å². The molecule has 0 spiro atoms. The van der Waals surface area contributed by atoms with Crippen LogP contribution in [0.4, 0.5) is 0 Å². The van der Waals surface area contributed by atoms with Gasteiger partial charge >= 0.3 is 0 Å². The molecule has 2 aromatic heterocycles. The third-order valence-electron chi connectivity index (χ3n) is 5.77. The van der Waals surface area contributed by atoms with E-state index in [1.165, 1.54) is 5.56 Å². The van der Waals surface area contributed by atoms with Crippen molar-refractivity contribution in [3.05, 3.63) is 117 Å². The molecule has 0 amide bonds. The smallest absolute Gasteiger partial charge is 0.260 e. The molecule has 0 saturated heterocycles. The zero-order valence-corrected chi connectivity index (χ0v) is 18.6. The number of oxime groups is 1. The zero-order valence-electron chi connectivity index (χ0n) is 18.6. The lowest BCUT2D eigenvalue weighted by Crippen LogP contribution is -2.29. The predicted octanol–water partition coefficient (Wildman–Crippen LogP) is 4.80. The van der Waals surface area contributed by atoms with Crippen LogP contribution >= 0.6 is 0 Å². The van der Waals surface area contributed by atoms with Gasteiger partial charge in [0.15, 0.2) is 0 Å². The van der Waals surface area contributed by atoms with Crippen molar-refractivity contribution in [1.82, 2.24) is 14.1 Å². The Hall–Kier alpha value is -3.93. The van der Waals surface area contributed by atoms with E-state index < -0.39 is 0 Å². The number of imidazole rings is 1. The highest BCUT2D eigenvalue weighted by molar-refractivity contribution is 6.12. The molecule has 1 unspecified atom stereocenters. The van der Waals surface area contributed by atoms with E-state index in [1.54, 1.807) is 23.2 Å². The minimum Gasteiger partial charge on any atom is -0.410 e. The van der Waals surface area contributed by atoms with Crippen LogP contribution in [-0.4, -0.2) is 25.0 Å². The number of rotatable bonds is 5. The number of pyridine rings is 1. The Balaban J connectivity index is 1.73. The Kier molecular flexibility index (Phi) is 5.77. The number of nitrogens with zero attached hydrogens (tertiary/aromatic N) is 4. The number of hydrogen-bond donors (Lipinski definition) is 1. The fourth-order valence-electron chi connectivity index (χ4n) is 3.91. The third kappa shape index (κ3) is 3.99. The maximum Gasteiger partial charge on any atom is 0.260 e. The second-order valence-electron chi connectivity index (χ2n) is 8.09. The molecule has 2 aromatic carbocycles. The molecule has 0 bridgehead atoms. The van der Waals surface area contributed by atoms with E-state index in [1.807, 2.05) is 87.0 Å². The third-order valence-corrected chi connectivity index (χ3v) is 5.77. The zero-order chi connectivity index (χ0) is 22.8. The van der Waals surface area contributed by atoms with Crippen molar-refractivity contribution in [1.29, 1.82) is 0 Å². The van der Waals surface area contributed by atoms with Gasteiger partial charge in [-0.25, -0.2) is 4.98 Å². The van der Waals surface area contributed by atoms with Crippen LogP contribution in [0.25, 0.3) is 5.69 Å². The first-order chi connectivity index (χ1) is 15.4. The lowest BCUT2D eigenvalue weighted by Gasteiger charge is -2.17. The fourth-order valence-corrected chi connectivity index (χ4v) is 3.91. The highest BCUT2D eigenvalue weighted by Crippen LogP contribution is 2.20. The Bertz CT molecular complexity index is 1350. The van der Waals surface area contributed by atoms with Crippen molar-refractivity contribution in [3.8, 4) is 5.69 Å². The minimum absolute atomic E-state index is 0.156. The Morgan fingerprint density at radius 2 is 1.81 bits per heavy atom. The highest BCUT2D eigenvalue weighted by Gasteiger charge is 2.17. The summed E-state index contributed by atoms with van der Waals surface area (Å²) in [4.78, 5) is 17.6. The summed E-state index contributed by atoms with van der Waals surface area (Å²) in [6.45, 7) is 7.94. The standard InChI is InChI=1S/C26H26N4O2/c1-17-7-9-21(10-8-17)20(4)30-13-5-6-23(26(30)31)25(28-32)22-11-12-24(18(2)14-22)29-15-19(3)27-16-29/h5-16,20,32H,1-4H3/b28-25+. The monoisotopic (exact) mass is 426 g/mol. The van der Waals surface area contributed by atoms with E-state index in [0.717, 1.165) is 22.5 Å². The molecule has 6 nitrogen and oxygen atoms in total. The normalized spacial score (nSPS) is 12.7. The van der Waals surface area contributed by atoms with Crippen molar-refractivity contribution in [2.45, 2.75) is 33.7 Å². The second kappa shape index (κ2) is 8.67. The van der Waals surface area contributed by atoms with Crippen LogP contribution in [-0.2, 0) is 0 Å². The van der Waals surface area contributed by atoms with Gasteiger partial charge in [-0.1, -0.05) is 41.1 Å². The minimum atomic E-state index is -0.208. The highest BCUT2D eigenvalue weighted by atomic mass is 16.4. The summed E-state index contributed by atoms with van der Waals surface area (Å²) in [5, 5.41) is 13.3. The fraction of sp³-hybridized carbons (Fsp3) is 0.192. The van der Waals surface area contributed by atoms with Crippen LogP contribution in [0.1, 0.15) is 46.5 Å². The van der Waals surface area contributed by atoms with Crippen molar-refractivity contribution in [3.63, 3.8) is 0 Å². The molecule has 6 heteroatoms. The molecular formula is C26H26N4O2. The van der Waals surface area contributed by atoms with Crippen LogP contribution in [0.3, 0.4) is 0 Å². The summed E-state index contributed by atoms with van der Waals surface area (Å²) in [6.07, 6.45) is 5.48. The second-order valence-corrected chi connectivity index (χ2v) is 8.09. The van der Waals surface area contributed by atoms with E-state index >= 15 is 0 Å². The van der Waals surface area contributed by atoms with Gasteiger partial charge in [0.1, 0.15) is 5.71 Å². The Morgan fingerprint density at radius 1 is 1.06 bits per heavy atom. The van der Waals surface area contributed by atoms with Gasteiger partial charge in [-0.3, -0.25) is 4.79 Å². The van der Waals surface area contributed by atoms with Gasteiger partial charge in [0.2, 0.25) is 0 Å². The lowest BCUT2D eigenvalue weighted by atomic mass is 10.00. The number of benzene rings is 2. The maximum absolute atomic E-state index is 13.4. The molecule has 162 valence electrons. The first kappa shape index (κ1) is 21.3. The molecule has 0 radical (unpaired) electrons. The summed E-state index contributed by atoms with van der Waals surface area (Å²) in [5.41, 5.74) is 6.14. The average molecular weight is 427 g/mol. The van der Waals surface area contributed by atoms with Crippen LogP contribution in [0.5, 0.6) is 0 Å². The van der Waals surface area contributed by atoms with Gasteiger partial charge in [0.25, 0.3) is 5.56 Å². The molecule has 4 rings (SSSR count). The lowest BCUT2D eigenvalue weighted by molar-refractivity contribution is 0.319. The van der Waals surface area contributed by atoms with E-state index in [9.17, 15) is 10.0 Å². The first-order valence-corrected chi connectivity index (χ1v) is 10.5. The van der Waals surface area contributed by atoms with E-state index in [4.69, 9.17) is 0 Å². The summed E-state index contributed by atoms with van der Waals surface area (Å²) in [7, 11) is 0. The van der Waals surface area contributed by atoms with Crippen molar-refractivity contribution in [2.75, 3.05) is 0 Å². The van der Waals surface area contributed by atoms with Crippen LogP contribution in [0.15, 0.2) is 83.3 Å². The summed E-state index contributed by atoms with van der Waals surface area (Å²) in [5.74, 6) is 0. The molecule has 4 aromatic rings. The molecule has 0 aliphatic carbocycles. The van der Waals surface area contributed by atoms with Crippen LogP contribution < -0.4 is 5.56 Å². The Morgan fingerprint density at radius 3 is 2.44 bits per heavy atom. The molecule has 32 heavy (non-hydrogen) atoms. The summed E-state index contributed by atoms with van der Waals surface area (Å²) >= 11 is 0. The molecule has 0 fully saturated rings. The average Bonchev–Trinajstić information content (AvgIpc) is 3.21. The van der Waals surface area contributed by atoms with E-state index in [2.05, 4.69) is 10.1 Å². The topological polar surface area (TPSA) is 72.4 Å². The maximum atomic E-state index is 13.4. The molecule has 2 heterocycles. The number of aryl methyl sites for hydroxylation is 3. The molecule has 1 atom stereocenters. The summed E-state index contributed by atoms with van der Waals surface area (Å²) < 4.78 is 3.61. The largest absolute Gasteiger partial charge is 0.410 e. The van der Waals surface area contributed by atoms with Crippen LogP contribution in [0, 0.1) is 20.8 Å². The molecule has 1 N–H and O–H groups in total. The van der Waals surface area contributed by atoms with E-state index in [0.29, 0.717) is 11.1 Å².